The van der Waals surface area contributed by atoms with Crippen molar-refractivity contribution in [3.05, 3.63) is 46.9 Å². The van der Waals surface area contributed by atoms with Gasteiger partial charge in [0.15, 0.2) is 29.6 Å². The largest absolute Gasteiger partial charge is 0.495 e. The van der Waals surface area contributed by atoms with E-state index < -0.39 is 0 Å². The summed E-state index contributed by atoms with van der Waals surface area (Å²) in [5.74, 6) is 8.64. The van der Waals surface area contributed by atoms with Gasteiger partial charge in [-0.2, -0.15) is 4.98 Å². The maximum absolute atomic E-state index is 13.6. The van der Waals surface area contributed by atoms with Gasteiger partial charge in [0.05, 0.1) is 12.8 Å². The summed E-state index contributed by atoms with van der Waals surface area (Å²) in [5.41, 5.74) is 1.88. The number of benzene rings is 1. The van der Waals surface area contributed by atoms with Crippen molar-refractivity contribution in [1.82, 2.24) is 29.2 Å². The fraction of sp³-hybridized carbons (Fsp3) is 0.387. The second kappa shape index (κ2) is 11.5. The molecule has 6 heterocycles. The SMILES string of the molecule is COc1ccc(Nc2ncc3c(=O)n4n(c3n2)-c2ccc3c(n2)N(CCCCC#CC4)C(=O)CO3)cc1N1CCN(C)CC1. The molecule has 13 nitrogen and oxygen atoms in total. The monoisotopic (exact) mass is 595 g/mol. The molecule has 0 aliphatic carbocycles. The summed E-state index contributed by atoms with van der Waals surface area (Å²) >= 11 is 0. The first-order chi connectivity index (χ1) is 21.5. The lowest BCUT2D eigenvalue weighted by Gasteiger charge is -2.34. The van der Waals surface area contributed by atoms with Crippen LogP contribution < -0.4 is 30.1 Å². The minimum atomic E-state index is -0.277. The highest BCUT2D eigenvalue weighted by Gasteiger charge is 2.28. The predicted molar refractivity (Wildman–Crippen MR) is 166 cm³/mol. The van der Waals surface area contributed by atoms with Gasteiger partial charge in [-0.15, -0.1) is 5.92 Å². The number of anilines is 4. The Kier molecular flexibility index (Phi) is 7.27. The number of nitrogens with zero attached hydrogens (tertiary/aromatic N) is 8. The van der Waals surface area contributed by atoms with Crippen LogP contribution in [0.5, 0.6) is 11.5 Å². The number of pyridine rings is 1. The van der Waals surface area contributed by atoms with Gasteiger partial charge in [0, 0.05) is 51.0 Å². The van der Waals surface area contributed by atoms with Gasteiger partial charge in [0.25, 0.3) is 11.5 Å². The number of piperazine rings is 1. The number of aromatic nitrogens is 5. The fourth-order valence-corrected chi connectivity index (χ4v) is 5.77. The van der Waals surface area contributed by atoms with Crippen LogP contribution >= 0.6 is 0 Å². The number of ether oxygens (including phenoxy) is 2. The zero-order valence-electron chi connectivity index (χ0n) is 24.7. The summed E-state index contributed by atoms with van der Waals surface area (Å²) < 4.78 is 14.5. The second-order valence-corrected chi connectivity index (χ2v) is 11.0. The molecule has 226 valence electrons. The standard InChI is InChI=1S/C31H33N9O4/c1-36-14-16-37(17-15-36)23-18-21(8-9-24(23)43-2)33-31-32-19-22-28(35-31)40-26-11-10-25-29(34-26)38(27(41)20-44-25)12-6-4-3-5-7-13-39(40)30(22)42/h8-11,18-19H,3-4,6,12-17,20H2,1-2H3,(H,32,33,35). The molecule has 4 aromatic rings. The van der Waals surface area contributed by atoms with E-state index in [0.29, 0.717) is 47.3 Å². The Labute approximate surface area is 254 Å². The van der Waals surface area contributed by atoms with E-state index in [1.807, 2.05) is 18.2 Å². The molecule has 7 rings (SSSR count). The summed E-state index contributed by atoms with van der Waals surface area (Å²) in [6.07, 6.45) is 3.80. The number of carbonyl (C=O) groups is 1. The molecule has 3 aliphatic rings. The van der Waals surface area contributed by atoms with E-state index in [9.17, 15) is 9.59 Å². The minimum absolute atomic E-state index is 0.0326. The zero-order chi connectivity index (χ0) is 30.2. The normalized spacial score (nSPS) is 17.0. The first-order valence-electron chi connectivity index (χ1n) is 14.8. The maximum atomic E-state index is 13.6. The summed E-state index contributed by atoms with van der Waals surface area (Å²) in [4.78, 5) is 46.8. The van der Waals surface area contributed by atoms with Crippen molar-refractivity contribution in [3.8, 4) is 29.2 Å². The maximum Gasteiger partial charge on any atom is 0.279 e. The van der Waals surface area contributed by atoms with Crippen molar-refractivity contribution in [2.24, 2.45) is 0 Å². The third-order valence-electron chi connectivity index (χ3n) is 8.19. The first kappa shape index (κ1) is 27.7. The van der Waals surface area contributed by atoms with Crippen molar-refractivity contribution in [2.75, 3.05) is 68.6 Å². The van der Waals surface area contributed by atoms with Crippen LogP contribution in [0.1, 0.15) is 19.3 Å². The zero-order valence-corrected chi connectivity index (χ0v) is 24.7. The van der Waals surface area contributed by atoms with E-state index in [1.54, 1.807) is 28.8 Å². The number of fused-ring (bicyclic) bond motifs is 5. The number of amides is 1. The van der Waals surface area contributed by atoms with Crippen LogP contribution in [0.3, 0.4) is 0 Å². The van der Waals surface area contributed by atoms with Gasteiger partial charge in [-0.25, -0.2) is 19.3 Å². The van der Waals surface area contributed by atoms with Crippen molar-refractivity contribution >= 4 is 40.1 Å². The van der Waals surface area contributed by atoms with E-state index >= 15 is 0 Å². The van der Waals surface area contributed by atoms with Gasteiger partial charge in [-0.05, 0) is 50.2 Å². The van der Waals surface area contributed by atoms with Crippen LogP contribution in [-0.4, -0.2) is 88.6 Å². The minimum Gasteiger partial charge on any atom is -0.495 e. The average Bonchev–Trinajstić information content (AvgIpc) is 3.32. The van der Waals surface area contributed by atoms with E-state index in [1.165, 1.54) is 10.9 Å². The van der Waals surface area contributed by atoms with E-state index in [4.69, 9.17) is 19.4 Å². The fourth-order valence-electron chi connectivity index (χ4n) is 5.77. The lowest BCUT2D eigenvalue weighted by Crippen LogP contribution is -2.44. The number of nitrogens with one attached hydrogen (secondary N) is 1. The molecule has 3 aromatic heterocycles. The van der Waals surface area contributed by atoms with Gasteiger partial charge in [-0.3, -0.25) is 14.5 Å². The third-order valence-corrected chi connectivity index (χ3v) is 8.19. The Morgan fingerprint density at radius 1 is 1.00 bits per heavy atom. The quantitative estimate of drug-likeness (QED) is 0.352. The molecule has 1 aromatic carbocycles. The smallest absolute Gasteiger partial charge is 0.279 e. The molecule has 0 atom stereocenters. The molecule has 1 saturated heterocycles. The van der Waals surface area contributed by atoms with Gasteiger partial charge in [0.1, 0.15) is 17.7 Å². The van der Waals surface area contributed by atoms with Crippen molar-refractivity contribution in [1.29, 1.82) is 0 Å². The van der Waals surface area contributed by atoms with E-state index in [2.05, 4.69) is 39.0 Å². The number of hydrogen-bond acceptors (Lipinski definition) is 10. The van der Waals surface area contributed by atoms with Crippen LogP contribution in [-0.2, 0) is 11.3 Å². The van der Waals surface area contributed by atoms with Gasteiger partial charge >= 0.3 is 0 Å². The van der Waals surface area contributed by atoms with Crippen molar-refractivity contribution in [3.63, 3.8) is 0 Å². The number of methoxy groups -OCH3 is 1. The molecule has 1 fully saturated rings. The molecule has 0 saturated carbocycles. The van der Waals surface area contributed by atoms with Gasteiger partial charge in [0.2, 0.25) is 5.95 Å². The van der Waals surface area contributed by atoms with Gasteiger partial charge < -0.3 is 24.6 Å². The Morgan fingerprint density at radius 2 is 1.86 bits per heavy atom. The molecule has 0 spiro atoms. The molecule has 1 N–H and O–H groups in total. The molecule has 0 radical (unpaired) electrons. The molecule has 0 unspecified atom stereocenters. The highest BCUT2D eigenvalue weighted by atomic mass is 16.5. The van der Waals surface area contributed by atoms with Crippen LogP contribution in [0.25, 0.3) is 16.9 Å². The molecular formula is C31H33N9O4. The van der Waals surface area contributed by atoms with Crippen LogP contribution in [0.4, 0.5) is 23.1 Å². The number of hydrogen-bond donors (Lipinski definition) is 1. The van der Waals surface area contributed by atoms with E-state index in [-0.39, 0.29) is 24.6 Å². The molecule has 13 heteroatoms. The third kappa shape index (κ3) is 5.07. The number of rotatable bonds is 4. The highest BCUT2D eigenvalue weighted by Crippen LogP contribution is 2.34. The Balaban J connectivity index is 1.31. The number of likely N-dealkylation sites (N-methyl/N-ethyl adjacent to an activating group) is 1. The summed E-state index contributed by atoms with van der Waals surface area (Å²) in [6.45, 7) is 4.35. The Hall–Kier alpha value is -5.09. The van der Waals surface area contributed by atoms with Crippen molar-refractivity contribution < 1.29 is 14.3 Å². The molecule has 3 aliphatic heterocycles. The Bertz CT molecular complexity index is 1860. The van der Waals surface area contributed by atoms with Crippen molar-refractivity contribution in [2.45, 2.75) is 25.8 Å². The lowest BCUT2D eigenvalue weighted by atomic mass is 10.2. The molecule has 1 amide bonds. The topological polar surface area (TPSA) is 123 Å². The van der Waals surface area contributed by atoms with Crippen LogP contribution in [0.15, 0.2) is 41.3 Å². The predicted octanol–water partition coefficient (Wildman–Crippen LogP) is 2.39. The van der Waals surface area contributed by atoms with Crippen LogP contribution in [0, 0.1) is 11.8 Å². The summed E-state index contributed by atoms with van der Waals surface area (Å²) in [7, 11) is 3.80. The highest BCUT2D eigenvalue weighted by molar-refractivity contribution is 5.96. The molecule has 44 heavy (non-hydrogen) atoms. The summed E-state index contributed by atoms with van der Waals surface area (Å²) in [5, 5.41) is 3.65. The molecule has 2 bridgehead atoms. The van der Waals surface area contributed by atoms with Gasteiger partial charge in [-0.1, -0.05) is 5.92 Å². The lowest BCUT2D eigenvalue weighted by molar-refractivity contribution is -0.121. The number of carbonyl (C=O) groups excluding carboxylic acids is 1. The average molecular weight is 596 g/mol. The summed E-state index contributed by atoms with van der Waals surface area (Å²) in [6, 6.07) is 9.41. The molecular weight excluding hydrogens is 562 g/mol. The van der Waals surface area contributed by atoms with E-state index in [0.717, 1.165) is 56.1 Å². The second-order valence-electron chi connectivity index (χ2n) is 11.0. The Morgan fingerprint density at radius 3 is 2.70 bits per heavy atom. The van der Waals surface area contributed by atoms with Crippen LogP contribution in [0.2, 0.25) is 0 Å². The first-order valence-corrected chi connectivity index (χ1v) is 14.8.